The fourth-order valence-electron chi connectivity index (χ4n) is 5.04. The number of hydrogen-bond donors (Lipinski definition) is 1. The second kappa shape index (κ2) is 16.9. The molecule has 0 aliphatic carbocycles. The third-order valence-corrected chi connectivity index (χ3v) is 9.67. The number of benzene rings is 4. The lowest BCUT2D eigenvalue weighted by molar-refractivity contribution is -0.140. The molecule has 0 saturated heterocycles. The number of amides is 2. The Morgan fingerprint density at radius 2 is 1.49 bits per heavy atom. The van der Waals surface area contributed by atoms with Gasteiger partial charge in [0.25, 0.3) is 10.0 Å². The fraction of sp³-hybridized carbons (Fsp3) is 0.278. The minimum atomic E-state index is -4.26. The molecule has 248 valence electrons. The van der Waals surface area contributed by atoms with Crippen molar-refractivity contribution in [1.82, 2.24) is 10.2 Å². The number of carbonyl (C=O) groups excluding carboxylic acids is 2. The highest BCUT2D eigenvalue weighted by atomic mass is 35.5. The molecule has 4 aromatic rings. The first-order valence-corrected chi connectivity index (χ1v) is 17.1. The number of hydrogen-bond acceptors (Lipinski definition) is 6. The summed E-state index contributed by atoms with van der Waals surface area (Å²) >= 11 is 6.15. The average Bonchev–Trinajstić information content (AvgIpc) is 3.09. The van der Waals surface area contributed by atoms with Crippen LogP contribution in [0.15, 0.2) is 108 Å². The van der Waals surface area contributed by atoms with Crippen LogP contribution in [0.25, 0.3) is 0 Å². The Morgan fingerprint density at radius 1 is 0.830 bits per heavy atom. The molecule has 0 heterocycles. The number of nitrogens with zero attached hydrogens (tertiary/aromatic N) is 2. The molecule has 0 aliphatic heterocycles. The molecule has 1 N–H and O–H groups in total. The van der Waals surface area contributed by atoms with Crippen molar-refractivity contribution in [3.8, 4) is 11.5 Å². The Morgan fingerprint density at radius 3 is 2.13 bits per heavy atom. The van der Waals surface area contributed by atoms with Gasteiger partial charge in [-0.3, -0.25) is 13.9 Å². The quantitative estimate of drug-likeness (QED) is 0.144. The smallest absolute Gasteiger partial charge is 0.264 e. The summed E-state index contributed by atoms with van der Waals surface area (Å²) in [5.41, 5.74) is 1.81. The van der Waals surface area contributed by atoms with Crippen molar-refractivity contribution in [1.29, 1.82) is 0 Å². The van der Waals surface area contributed by atoms with Crippen LogP contribution in [0.1, 0.15) is 30.9 Å². The topological polar surface area (TPSA) is 105 Å². The van der Waals surface area contributed by atoms with Crippen molar-refractivity contribution in [3.05, 3.63) is 119 Å². The van der Waals surface area contributed by atoms with Gasteiger partial charge in [-0.2, -0.15) is 0 Å². The van der Waals surface area contributed by atoms with E-state index in [1.165, 1.54) is 24.1 Å². The molecular formula is C36H40ClN3O6S. The van der Waals surface area contributed by atoms with E-state index in [0.29, 0.717) is 28.6 Å². The van der Waals surface area contributed by atoms with Crippen LogP contribution >= 0.6 is 11.6 Å². The zero-order chi connectivity index (χ0) is 33.8. The van der Waals surface area contributed by atoms with E-state index in [2.05, 4.69) is 5.32 Å². The molecule has 11 heteroatoms. The lowest BCUT2D eigenvalue weighted by Gasteiger charge is -2.34. The number of anilines is 1. The van der Waals surface area contributed by atoms with Crippen molar-refractivity contribution in [2.75, 3.05) is 31.6 Å². The first-order valence-electron chi connectivity index (χ1n) is 15.3. The van der Waals surface area contributed by atoms with E-state index in [-0.39, 0.29) is 29.5 Å². The summed E-state index contributed by atoms with van der Waals surface area (Å²) in [6.45, 7) is 1.94. The summed E-state index contributed by atoms with van der Waals surface area (Å²) in [7, 11) is -1.22. The molecule has 2 amide bonds. The molecule has 1 atom stereocenters. The molecule has 4 aromatic carbocycles. The maximum absolute atomic E-state index is 14.6. The van der Waals surface area contributed by atoms with Gasteiger partial charge in [-0.25, -0.2) is 8.42 Å². The molecule has 0 spiro atoms. The van der Waals surface area contributed by atoms with Crippen LogP contribution in [-0.2, 0) is 32.6 Å². The minimum absolute atomic E-state index is 0.0291. The summed E-state index contributed by atoms with van der Waals surface area (Å²) in [6, 6.07) is 27.8. The van der Waals surface area contributed by atoms with Crippen molar-refractivity contribution in [3.63, 3.8) is 0 Å². The van der Waals surface area contributed by atoms with E-state index >= 15 is 0 Å². The highest BCUT2D eigenvalue weighted by molar-refractivity contribution is 7.92. The normalized spacial score (nSPS) is 11.7. The van der Waals surface area contributed by atoms with E-state index in [9.17, 15) is 18.0 Å². The number of carbonyl (C=O) groups is 2. The highest BCUT2D eigenvalue weighted by Crippen LogP contribution is 2.28. The van der Waals surface area contributed by atoms with E-state index in [1.54, 1.807) is 61.7 Å². The summed E-state index contributed by atoms with van der Waals surface area (Å²) in [5, 5.41) is 3.40. The molecule has 0 bridgehead atoms. The third kappa shape index (κ3) is 9.49. The van der Waals surface area contributed by atoms with Gasteiger partial charge in [-0.1, -0.05) is 67.4 Å². The zero-order valence-electron chi connectivity index (χ0n) is 26.8. The summed E-state index contributed by atoms with van der Waals surface area (Å²) < 4.78 is 40.0. The van der Waals surface area contributed by atoms with Crippen LogP contribution in [0, 0.1) is 0 Å². The van der Waals surface area contributed by atoms with Crippen molar-refractivity contribution >= 4 is 39.1 Å². The molecule has 0 fully saturated rings. The number of nitrogens with one attached hydrogen (secondary N) is 1. The Labute approximate surface area is 282 Å². The number of methoxy groups -OCH3 is 2. The monoisotopic (exact) mass is 677 g/mol. The van der Waals surface area contributed by atoms with Gasteiger partial charge in [-0.05, 0) is 78.2 Å². The molecule has 0 radical (unpaired) electrons. The maximum atomic E-state index is 14.6. The molecular weight excluding hydrogens is 638 g/mol. The number of unbranched alkanes of at least 4 members (excludes halogenated alkanes) is 1. The van der Waals surface area contributed by atoms with Crippen LogP contribution in [0.2, 0.25) is 5.02 Å². The Kier molecular flexibility index (Phi) is 12.7. The number of ether oxygens (including phenoxy) is 2. The van der Waals surface area contributed by atoms with Crippen LogP contribution in [0.5, 0.6) is 11.5 Å². The average molecular weight is 678 g/mol. The minimum Gasteiger partial charge on any atom is -0.497 e. The van der Waals surface area contributed by atoms with Gasteiger partial charge in [0, 0.05) is 24.5 Å². The number of halogens is 1. The van der Waals surface area contributed by atoms with Crippen LogP contribution in [0.4, 0.5) is 5.69 Å². The molecule has 0 unspecified atom stereocenters. The molecule has 4 rings (SSSR count). The lowest BCUT2D eigenvalue weighted by atomic mass is 10.0. The van der Waals surface area contributed by atoms with Crippen LogP contribution < -0.4 is 19.1 Å². The molecule has 0 saturated carbocycles. The molecule has 0 aromatic heterocycles. The van der Waals surface area contributed by atoms with E-state index in [4.69, 9.17) is 21.1 Å². The van der Waals surface area contributed by atoms with Gasteiger partial charge >= 0.3 is 0 Å². The Bertz CT molecular complexity index is 1720. The van der Waals surface area contributed by atoms with Gasteiger partial charge in [0.1, 0.15) is 24.1 Å². The van der Waals surface area contributed by atoms with Gasteiger partial charge in [-0.15, -0.1) is 0 Å². The first-order chi connectivity index (χ1) is 22.7. The van der Waals surface area contributed by atoms with E-state index in [0.717, 1.165) is 22.7 Å². The number of sulfonamides is 1. The van der Waals surface area contributed by atoms with Gasteiger partial charge in [0.05, 0.1) is 24.8 Å². The highest BCUT2D eigenvalue weighted by Gasteiger charge is 2.34. The second-order valence-electron chi connectivity index (χ2n) is 10.9. The standard InChI is InChI=1S/C36H40ClN3O6S/c1-4-5-22-38-36(42)34(24-27-10-7-6-8-11-27)39(25-28-12-9-13-32(23-28)46-3)35(41)26-40(30-16-14-29(37)15-17-30)47(43,44)33-20-18-31(45-2)19-21-33/h6-21,23,34H,4-5,22,24-26H2,1-3H3,(H,38,42)/t34-/m1/s1. The van der Waals surface area contributed by atoms with E-state index < -0.39 is 28.5 Å². The van der Waals surface area contributed by atoms with Crippen LogP contribution in [0.3, 0.4) is 0 Å². The first kappa shape index (κ1) is 35.3. The predicted molar refractivity (Wildman–Crippen MR) is 184 cm³/mol. The number of rotatable bonds is 16. The van der Waals surface area contributed by atoms with Gasteiger partial charge in [0.15, 0.2) is 0 Å². The summed E-state index contributed by atoms with van der Waals surface area (Å²) in [5.74, 6) is 0.188. The van der Waals surface area contributed by atoms with E-state index in [1.807, 2.05) is 43.3 Å². The van der Waals surface area contributed by atoms with Gasteiger partial charge in [0.2, 0.25) is 11.8 Å². The SMILES string of the molecule is CCCCNC(=O)[C@@H](Cc1ccccc1)N(Cc1cccc(OC)c1)C(=O)CN(c1ccc(Cl)cc1)S(=O)(=O)c1ccc(OC)cc1. The van der Waals surface area contributed by atoms with Crippen molar-refractivity contribution < 1.29 is 27.5 Å². The summed E-state index contributed by atoms with van der Waals surface area (Å²) in [6.07, 6.45) is 1.88. The summed E-state index contributed by atoms with van der Waals surface area (Å²) in [4.78, 5) is 29.9. The van der Waals surface area contributed by atoms with Gasteiger partial charge < -0.3 is 19.7 Å². The Balaban J connectivity index is 1.79. The zero-order valence-corrected chi connectivity index (χ0v) is 28.3. The van der Waals surface area contributed by atoms with Crippen molar-refractivity contribution in [2.24, 2.45) is 0 Å². The predicted octanol–water partition coefficient (Wildman–Crippen LogP) is 6.11. The largest absolute Gasteiger partial charge is 0.497 e. The Hall–Kier alpha value is -4.54. The van der Waals surface area contributed by atoms with Crippen molar-refractivity contribution in [2.45, 2.75) is 43.7 Å². The molecule has 47 heavy (non-hydrogen) atoms. The lowest BCUT2D eigenvalue weighted by Crippen LogP contribution is -2.53. The molecule has 9 nitrogen and oxygen atoms in total. The fourth-order valence-corrected chi connectivity index (χ4v) is 6.58. The third-order valence-electron chi connectivity index (χ3n) is 7.63. The maximum Gasteiger partial charge on any atom is 0.264 e. The molecule has 0 aliphatic rings. The second-order valence-corrected chi connectivity index (χ2v) is 13.2. The van der Waals surface area contributed by atoms with Crippen LogP contribution in [-0.4, -0.2) is 58.5 Å².